The molecule has 0 aliphatic carbocycles. The van der Waals surface area contributed by atoms with Crippen LogP contribution in [-0.2, 0) is 6.42 Å². The molecule has 0 bridgehead atoms. The Morgan fingerprint density at radius 3 is 2.82 bits per heavy atom. The summed E-state index contributed by atoms with van der Waals surface area (Å²) in [5, 5.41) is 4.27. The summed E-state index contributed by atoms with van der Waals surface area (Å²) in [7, 11) is 0. The van der Waals surface area contributed by atoms with Gasteiger partial charge in [-0.05, 0) is 25.1 Å². The molecule has 1 heterocycles. The zero-order chi connectivity index (χ0) is 12.4. The van der Waals surface area contributed by atoms with Gasteiger partial charge in [-0.2, -0.15) is 0 Å². The fourth-order valence-electron chi connectivity index (χ4n) is 1.50. The summed E-state index contributed by atoms with van der Waals surface area (Å²) in [5.41, 5.74) is 7.53. The van der Waals surface area contributed by atoms with E-state index < -0.39 is 0 Å². The minimum absolute atomic E-state index is 0.120. The smallest absolute Gasteiger partial charge is 0.0947 e. The van der Waals surface area contributed by atoms with Gasteiger partial charge in [0.2, 0.25) is 0 Å². The van der Waals surface area contributed by atoms with E-state index in [1.165, 1.54) is 0 Å². The standard InChI is InChI=1S/C12H12Cl2N2S/c1-7(15)4-12-16-11(6-17-12)9-3-2-8(13)5-10(9)14/h2-3,5-7H,4,15H2,1H3. The highest BCUT2D eigenvalue weighted by Crippen LogP contribution is 2.31. The van der Waals surface area contributed by atoms with Crippen molar-refractivity contribution in [2.75, 3.05) is 0 Å². The molecule has 5 heteroatoms. The van der Waals surface area contributed by atoms with E-state index in [1.807, 2.05) is 24.4 Å². The zero-order valence-electron chi connectivity index (χ0n) is 9.28. The second kappa shape index (κ2) is 5.36. The average Bonchev–Trinajstić information content (AvgIpc) is 2.65. The van der Waals surface area contributed by atoms with E-state index >= 15 is 0 Å². The van der Waals surface area contributed by atoms with E-state index in [-0.39, 0.29) is 6.04 Å². The molecule has 1 aromatic heterocycles. The maximum Gasteiger partial charge on any atom is 0.0947 e. The molecule has 0 saturated heterocycles. The molecule has 1 atom stereocenters. The van der Waals surface area contributed by atoms with Gasteiger partial charge in [0.05, 0.1) is 15.7 Å². The van der Waals surface area contributed by atoms with Crippen LogP contribution in [0.4, 0.5) is 0 Å². The van der Waals surface area contributed by atoms with E-state index in [4.69, 9.17) is 28.9 Å². The van der Waals surface area contributed by atoms with Crippen LogP contribution in [0.25, 0.3) is 11.3 Å². The van der Waals surface area contributed by atoms with Gasteiger partial charge >= 0.3 is 0 Å². The van der Waals surface area contributed by atoms with Gasteiger partial charge in [-0.15, -0.1) is 11.3 Å². The van der Waals surface area contributed by atoms with Gasteiger partial charge in [-0.3, -0.25) is 0 Å². The van der Waals surface area contributed by atoms with Crippen molar-refractivity contribution in [3.63, 3.8) is 0 Å². The Morgan fingerprint density at radius 1 is 1.41 bits per heavy atom. The summed E-state index contributed by atoms with van der Waals surface area (Å²) in [5.74, 6) is 0. The van der Waals surface area contributed by atoms with Crippen LogP contribution in [0.1, 0.15) is 11.9 Å². The maximum absolute atomic E-state index is 6.13. The number of hydrogen-bond acceptors (Lipinski definition) is 3. The summed E-state index contributed by atoms with van der Waals surface area (Å²) < 4.78 is 0. The van der Waals surface area contributed by atoms with Gasteiger partial charge in [0.25, 0.3) is 0 Å². The predicted molar refractivity (Wildman–Crippen MR) is 74.9 cm³/mol. The van der Waals surface area contributed by atoms with Crippen molar-refractivity contribution in [3.05, 3.63) is 38.6 Å². The van der Waals surface area contributed by atoms with Gasteiger partial charge < -0.3 is 5.73 Å². The van der Waals surface area contributed by atoms with Crippen molar-refractivity contribution in [1.82, 2.24) is 4.98 Å². The van der Waals surface area contributed by atoms with Crippen molar-refractivity contribution >= 4 is 34.5 Å². The Bertz CT molecular complexity index is 523. The minimum Gasteiger partial charge on any atom is -0.328 e. The third-order valence-corrected chi connectivity index (χ3v) is 3.67. The monoisotopic (exact) mass is 286 g/mol. The lowest BCUT2D eigenvalue weighted by Gasteiger charge is -2.02. The van der Waals surface area contributed by atoms with E-state index in [1.54, 1.807) is 17.4 Å². The molecule has 17 heavy (non-hydrogen) atoms. The molecule has 0 aliphatic rings. The maximum atomic E-state index is 6.13. The number of hydrogen-bond donors (Lipinski definition) is 1. The highest BCUT2D eigenvalue weighted by molar-refractivity contribution is 7.10. The quantitative estimate of drug-likeness (QED) is 0.926. The lowest BCUT2D eigenvalue weighted by Crippen LogP contribution is -2.17. The molecule has 0 amide bonds. The molecule has 0 saturated carbocycles. The van der Waals surface area contributed by atoms with Crippen molar-refractivity contribution in [3.8, 4) is 11.3 Å². The molecule has 0 aliphatic heterocycles. The van der Waals surface area contributed by atoms with Crippen molar-refractivity contribution in [2.45, 2.75) is 19.4 Å². The molecule has 1 aromatic carbocycles. The molecule has 2 aromatic rings. The second-order valence-corrected chi connectivity index (χ2v) is 5.72. The number of aromatic nitrogens is 1. The van der Waals surface area contributed by atoms with Gasteiger partial charge in [0.15, 0.2) is 0 Å². The highest BCUT2D eigenvalue weighted by atomic mass is 35.5. The van der Waals surface area contributed by atoms with Gasteiger partial charge in [-0.25, -0.2) is 4.98 Å². The number of halogens is 2. The molecular formula is C12H12Cl2N2S. The molecule has 0 fully saturated rings. The first-order valence-electron chi connectivity index (χ1n) is 5.21. The SMILES string of the molecule is CC(N)Cc1nc(-c2ccc(Cl)cc2Cl)cs1. The van der Waals surface area contributed by atoms with Crippen molar-refractivity contribution < 1.29 is 0 Å². The molecule has 90 valence electrons. The van der Waals surface area contributed by atoms with Crippen LogP contribution >= 0.6 is 34.5 Å². The van der Waals surface area contributed by atoms with Crippen molar-refractivity contribution in [2.24, 2.45) is 5.73 Å². The summed E-state index contributed by atoms with van der Waals surface area (Å²) in [4.78, 5) is 4.52. The highest BCUT2D eigenvalue weighted by Gasteiger charge is 2.09. The first kappa shape index (κ1) is 12.8. The molecule has 1 unspecified atom stereocenters. The number of benzene rings is 1. The number of nitrogens with zero attached hydrogens (tertiary/aromatic N) is 1. The van der Waals surface area contributed by atoms with Crippen LogP contribution in [0.2, 0.25) is 10.0 Å². The van der Waals surface area contributed by atoms with Crippen LogP contribution in [0.3, 0.4) is 0 Å². The van der Waals surface area contributed by atoms with E-state index in [0.717, 1.165) is 22.7 Å². The molecule has 2 rings (SSSR count). The average molecular weight is 287 g/mol. The van der Waals surface area contributed by atoms with Crippen LogP contribution in [0.5, 0.6) is 0 Å². The third kappa shape index (κ3) is 3.19. The molecule has 2 N–H and O–H groups in total. The normalized spacial score (nSPS) is 12.7. The number of nitrogens with two attached hydrogens (primary N) is 1. The Hall–Kier alpha value is -0.610. The lowest BCUT2D eigenvalue weighted by atomic mass is 10.2. The second-order valence-electron chi connectivity index (χ2n) is 3.93. The molecule has 2 nitrogen and oxygen atoms in total. The third-order valence-electron chi connectivity index (χ3n) is 2.26. The lowest BCUT2D eigenvalue weighted by molar-refractivity contribution is 0.734. The van der Waals surface area contributed by atoms with E-state index in [0.29, 0.717) is 10.0 Å². The van der Waals surface area contributed by atoms with Gasteiger partial charge in [-0.1, -0.05) is 23.2 Å². The Morgan fingerprint density at radius 2 is 2.18 bits per heavy atom. The summed E-state index contributed by atoms with van der Waals surface area (Å²) >= 11 is 13.6. The fraction of sp³-hybridized carbons (Fsp3) is 0.250. The Kier molecular flexibility index (Phi) is 4.05. The minimum atomic E-state index is 0.120. The van der Waals surface area contributed by atoms with Gasteiger partial charge in [0.1, 0.15) is 0 Å². The van der Waals surface area contributed by atoms with Crippen LogP contribution in [0.15, 0.2) is 23.6 Å². The summed E-state index contributed by atoms with van der Waals surface area (Å²) in [6.07, 6.45) is 0.788. The summed E-state index contributed by atoms with van der Waals surface area (Å²) in [6, 6.07) is 5.54. The zero-order valence-corrected chi connectivity index (χ0v) is 11.6. The topological polar surface area (TPSA) is 38.9 Å². The molecule has 0 radical (unpaired) electrons. The fourth-order valence-corrected chi connectivity index (χ4v) is 2.94. The Balaban J connectivity index is 2.30. The first-order chi connectivity index (χ1) is 8.06. The Labute approximate surface area is 114 Å². The van der Waals surface area contributed by atoms with Crippen LogP contribution in [0, 0.1) is 0 Å². The van der Waals surface area contributed by atoms with Gasteiger partial charge in [0, 0.05) is 28.4 Å². The summed E-state index contributed by atoms with van der Waals surface area (Å²) in [6.45, 7) is 1.97. The van der Waals surface area contributed by atoms with Crippen LogP contribution in [-0.4, -0.2) is 11.0 Å². The van der Waals surface area contributed by atoms with E-state index in [2.05, 4.69) is 4.98 Å². The number of rotatable bonds is 3. The predicted octanol–water partition coefficient (Wildman–Crippen LogP) is 4.01. The molecule has 0 spiro atoms. The first-order valence-corrected chi connectivity index (χ1v) is 6.85. The van der Waals surface area contributed by atoms with E-state index in [9.17, 15) is 0 Å². The van der Waals surface area contributed by atoms with Crippen LogP contribution < -0.4 is 5.73 Å². The molecular weight excluding hydrogens is 275 g/mol. The number of thiazole rings is 1. The largest absolute Gasteiger partial charge is 0.328 e. The van der Waals surface area contributed by atoms with Crippen molar-refractivity contribution in [1.29, 1.82) is 0 Å².